The Kier molecular flexibility index (Phi) is 7.22. The van der Waals surface area contributed by atoms with Crippen molar-refractivity contribution in [2.24, 2.45) is 0 Å². The average Bonchev–Trinajstić information content (AvgIpc) is 3.25. The van der Waals surface area contributed by atoms with Gasteiger partial charge in [0.2, 0.25) is 5.91 Å². The van der Waals surface area contributed by atoms with Gasteiger partial charge in [0.15, 0.2) is 0 Å². The second-order valence-electron chi connectivity index (χ2n) is 8.62. The van der Waals surface area contributed by atoms with E-state index in [1.54, 1.807) is 12.1 Å². The van der Waals surface area contributed by atoms with Gasteiger partial charge in [-0.05, 0) is 80.1 Å². The standard InChI is InChI=1S/C26H26Cl2N2O3S/c1-17-6-10-25(11-7-17)34(32,33)30(24-14-22(27)13-23(28)15-24)16-26(31)29-18(2)20-9-8-19-4-3-5-21(19)12-20/h6-15,18H,3-5,16H2,1-2H3,(H,29,31). The van der Waals surface area contributed by atoms with E-state index in [4.69, 9.17) is 23.2 Å². The molecule has 0 aliphatic heterocycles. The number of nitrogens with one attached hydrogen (secondary N) is 1. The highest BCUT2D eigenvalue weighted by Gasteiger charge is 2.28. The summed E-state index contributed by atoms with van der Waals surface area (Å²) in [4.78, 5) is 13.1. The van der Waals surface area contributed by atoms with Crippen LogP contribution in [0.25, 0.3) is 0 Å². The fourth-order valence-corrected chi connectivity index (χ4v) is 6.12. The molecule has 8 heteroatoms. The highest BCUT2D eigenvalue weighted by molar-refractivity contribution is 7.92. The SMILES string of the molecule is Cc1ccc(S(=O)(=O)N(CC(=O)NC(C)c2ccc3c(c2)CCC3)c2cc(Cl)cc(Cl)c2)cc1. The molecule has 178 valence electrons. The number of rotatable bonds is 7. The topological polar surface area (TPSA) is 66.5 Å². The molecule has 0 spiro atoms. The largest absolute Gasteiger partial charge is 0.348 e. The highest BCUT2D eigenvalue weighted by Crippen LogP contribution is 2.30. The van der Waals surface area contributed by atoms with Crippen LogP contribution in [0, 0.1) is 6.92 Å². The van der Waals surface area contributed by atoms with E-state index in [0.717, 1.165) is 34.7 Å². The smallest absolute Gasteiger partial charge is 0.264 e. The summed E-state index contributed by atoms with van der Waals surface area (Å²) in [6.07, 6.45) is 3.28. The molecule has 0 saturated carbocycles. The van der Waals surface area contributed by atoms with E-state index in [0.29, 0.717) is 0 Å². The van der Waals surface area contributed by atoms with Crippen LogP contribution in [0.5, 0.6) is 0 Å². The van der Waals surface area contributed by atoms with Gasteiger partial charge in [-0.3, -0.25) is 9.10 Å². The second kappa shape index (κ2) is 9.98. The zero-order chi connectivity index (χ0) is 24.5. The molecular formula is C26H26Cl2N2O3S. The van der Waals surface area contributed by atoms with Crippen LogP contribution in [-0.2, 0) is 27.7 Å². The van der Waals surface area contributed by atoms with Crippen molar-refractivity contribution in [1.29, 1.82) is 0 Å². The van der Waals surface area contributed by atoms with Crippen LogP contribution >= 0.6 is 23.2 Å². The second-order valence-corrected chi connectivity index (χ2v) is 11.4. The van der Waals surface area contributed by atoms with Crippen molar-refractivity contribution in [2.45, 2.75) is 44.0 Å². The molecule has 0 bridgehead atoms. The van der Waals surface area contributed by atoms with Gasteiger partial charge in [-0.1, -0.05) is 59.1 Å². The van der Waals surface area contributed by atoms with E-state index in [2.05, 4.69) is 17.4 Å². The van der Waals surface area contributed by atoms with Gasteiger partial charge < -0.3 is 5.32 Å². The molecule has 1 atom stereocenters. The number of fused-ring (bicyclic) bond motifs is 1. The van der Waals surface area contributed by atoms with Crippen molar-refractivity contribution in [2.75, 3.05) is 10.8 Å². The number of hydrogen-bond acceptors (Lipinski definition) is 3. The van der Waals surface area contributed by atoms with Crippen molar-refractivity contribution < 1.29 is 13.2 Å². The van der Waals surface area contributed by atoms with Gasteiger partial charge in [-0.2, -0.15) is 0 Å². The van der Waals surface area contributed by atoms with Gasteiger partial charge in [0, 0.05) is 10.0 Å². The summed E-state index contributed by atoms with van der Waals surface area (Å²) in [5.74, 6) is -0.431. The highest BCUT2D eigenvalue weighted by atomic mass is 35.5. The number of aryl methyl sites for hydroxylation is 3. The number of hydrogen-bond donors (Lipinski definition) is 1. The first-order chi connectivity index (χ1) is 16.1. The Hall–Kier alpha value is -2.54. The van der Waals surface area contributed by atoms with E-state index >= 15 is 0 Å². The monoisotopic (exact) mass is 516 g/mol. The zero-order valence-corrected chi connectivity index (χ0v) is 21.3. The van der Waals surface area contributed by atoms with E-state index in [1.807, 2.05) is 19.9 Å². The van der Waals surface area contributed by atoms with Gasteiger partial charge >= 0.3 is 0 Å². The molecule has 1 amide bonds. The van der Waals surface area contributed by atoms with Gasteiger partial charge in [0.05, 0.1) is 16.6 Å². The zero-order valence-electron chi connectivity index (χ0n) is 19.0. The molecule has 34 heavy (non-hydrogen) atoms. The number of carbonyl (C=O) groups excluding carboxylic acids is 1. The molecular weight excluding hydrogens is 491 g/mol. The van der Waals surface area contributed by atoms with E-state index in [1.165, 1.54) is 41.5 Å². The first-order valence-electron chi connectivity index (χ1n) is 11.1. The molecule has 3 aromatic carbocycles. The van der Waals surface area contributed by atoms with Crippen LogP contribution in [0.15, 0.2) is 65.6 Å². The average molecular weight is 517 g/mol. The van der Waals surface area contributed by atoms with E-state index < -0.39 is 22.5 Å². The van der Waals surface area contributed by atoms with Crippen LogP contribution < -0.4 is 9.62 Å². The number of amides is 1. The third kappa shape index (κ3) is 5.40. The molecule has 1 unspecified atom stereocenters. The molecule has 1 aliphatic rings. The molecule has 4 rings (SSSR count). The van der Waals surface area contributed by atoms with Crippen LogP contribution in [0.3, 0.4) is 0 Å². The molecule has 0 aromatic heterocycles. The summed E-state index contributed by atoms with van der Waals surface area (Å²) in [6, 6.07) is 16.9. The molecule has 0 fully saturated rings. The summed E-state index contributed by atoms with van der Waals surface area (Å²) < 4.78 is 28.1. The summed E-state index contributed by atoms with van der Waals surface area (Å²) in [5.41, 5.74) is 4.81. The Labute approximate surface area is 210 Å². The van der Waals surface area contributed by atoms with Crippen LogP contribution in [0.2, 0.25) is 10.0 Å². The van der Waals surface area contributed by atoms with Gasteiger partial charge in [0.25, 0.3) is 10.0 Å². The third-order valence-corrected chi connectivity index (χ3v) is 8.26. The number of benzene rings is 3. The van der Waals surface area contributed by atoms with Crippen LogP contribution in [0.1, 0.15) is 41.6 Å². The minimum atomic E-state index is -4.05. The predicted molar refractivity (Wildman–Crippen MR) is 137 cm³/mol. The van der Waals surface area contributed by atoms with Crippen molar-refractivity contribution in [3.05, 3.63) is 93.0 Å². The maximum Gasteiger partial charge on any atom is 0.264 e. The summed E-state index contributed by atoms with van der Waals surface area (Å²) in [7, 11) is -4.05. The first-order valence-corrected chi connectivity index (χ1v) is 13.3. The molecule has 0 heterocycles. The molecule has 3 aromatic rings. The lowest BCUT2D eigenvalue weighted by Gasteiger charge is -2.25. The van der Waals surface area contributed by atoms with E-state index in [9.17, 15) is 13.2 Å². The molecule has 1 aliphatic carbocycles. The van der Waals surface area contributed by atoms with E-state index in [-0.39, 0.29) is 26.7 Å². The number of carbonyl (C=O) groups is 1. The Bertz CT molecular complexity index is 1300. The fraction of sp³-hybridized carbons (Fsp3) is 0.269. The van der Waals surface area contributed by atoms with Crippen LogP contribution in [0.4, 0.5) is 5.69 Å². The predicted octanol–water partition coefficient (Wildman–Crippen LogP) is 5.86. The Morgan fingerprint density at radius 1 is 0.971 bits per heavy atom. The minimum Gasteiger partial charge on any atom is -0.348 e. The van der Waals surface area contributed by atoms with Gasteiger partial charge in [-0.15, -0.1) is 0 Å². The van der Waals surface area contributed by atoms with Crippen molar-refractivity contribution in [1.82, 2.24) is 5.32 Å². The number of halogens is 2. The summed E-state index contributed by atoms with van der Waals surface area (Å²) >= 11 is 12.3. The van der Waals surface area contributed by atoms with Gasteiger partial charge in [-0.25, -0.2) is 8.42 Å². The number of sulfonamides is 1. The fourth-order valence-electron chi connectivity index (χ4n) is 4.20. The maximum absolute atomic E-state index is 13.5. The van der Waals surface area contributed by atoms with Crippen LogP contribution in [-0.4, -0.2) is 20.9 Å². The molecule has 0 radical (unpaired) electrons. The lowest BCUT2D eigenvalue weighted by atomic mass is 10.0. The lowest BCUT2D eigenvalue weighted by molar-refractivity contribution is -0.120. The number of nitrogens with zero attached hydrogens (tertiary/aromatic N) is 1. The maximum atomic E-state index is 13.5. The molecule has 1 N–H and O–H groups in total. The van der Waals surface area contributed by atoms with Crippen molar-refractivity contribution in [3.8, 4) is 0 Å². The first kappa shape index (κ1) is 24.6. The Morgan fingerprint density at radius 3 is 2.29 bits per heavy atom. The normalized spacial score (nSPS) is 13.9. The Morgan fingerprint density at radius 2 is 1.62 bits per heavy atom. The summed E-state index contributed by atoms with van der Waals surface area (Å²) in [6.45, 7) is 3.35. The number of anilines is 1. The third-order valence-electron chi connectivity index (χ3n) is 6.03. The molecule has 5 nitrogen and oxygen atoms in total. The lowest BCUT2D eigenvalue weighted by Crippen LogP contribution is -2.41. The van der Waals surface area contributed by atoms with Crippen molar-refractivity contribution >= 4 is 44.8 Å². The van der Waals surface area contributed by atoms with Crippen molar-refractivity contribution in [3.63, 3.8) is 0 Å². The quantitative estimate of drug-likeness (QED) is 0.427. The van der Waals surface area contributed by atoms with Gasteiger partial charge in [0.1, 0.15) is 6.54 Å². The molecule has 0 saturated heterocycles. The Balaban J connectivity index is 1.61. The minimum absolute atomic E-state index is 0.0775. The summed E-state index contributed by atoms with van der Waals surface area (Å²) in [5, 5.41) is 3.49.